The van der Waals surface area contributed by atoms with Crippen molar-refractivity contribution >= 4 is 17.9 Å². The number of hydrogen-bond acceptors (Lipinski definition) is 7. The zero-order valence-electron chi connectivity index (χ0n) is 18.5. The minimum atomic E-state index is -0.702. The van der Waals surface area contributed by atoms with Crippen LogP contribution < -0.4 is 10.6 Å². The molecule has 10 nitrogen and oxygen atoms in total. The third-order valence-corrected chi connectivity index (χ3v) is 6.14. The molecule has 32 heavy (non-hydrogen) atoms. The molecule has 174 valence electrons. The van der Waals surface area contributed by atoms with Crippen molar-refractivity contribution in [2.24, 2.45) is 0 Å². The molecule has 10 heteroatoms. The third-order valence-electron chi connectivity index (χ3n) is 6.14. The van der Waals surface area contributed by atoms with E-state index in [0.29, 0.717) is 30.1 Å². The van der Waals surface area contributed by atoms with Crippen LogP contribution in [0.4, 0.5) is 4.79 Å². The molecule has 0 aromatic carbocycles. The van der Waals surface area contributed by atoms with Gasteiger partial charge in [-0.3, -0.25) is 14.6 Å². The summed E-state index contributed by atoms with van der Waals surface area (Å²) < 4.78 is 10.7. The molecule has 0 radical (unpaired) electrons. The van der Waals surface area contributed by atoms with Gasteiger partial charge in [-0.25, -0.2) is 9.59 Å². The summed E-state index contributed by atoms with van der Waals surface area (Å²) in [4.78, 5) is 43.8. The number of likely N-dealkylation sites (tertiary alicyclic amines) is 1. The summed E-state index contributed by atoms with van der Waals surface area (Å²) in [5.41, 5.74) is 0.878. The quantitative estimate of drug-likeness (QED) is 0.595. The first-order valence-electron chi connectivity index (χ1n) is 11.3. The fraction of sp³-hybridized carbons (Fsp3) is 0.591. The van der Waals surface area contributed by atoms with Crippen LogP contribution in [-0.2, 0) is 14.3 Å². The number of piperazine rings is 1. The van der Waals surface area contributed by atoms with E-state index in [1.807, 2.05) is 4.90 Å². The van der Waals surface area contributed by atoms with E-state index in [1.54, 1.807) is 19.1 Å². The number of amides is 3. The van der Waals surface area contributed by atoms with Gasteiger partial charge in [0.2, 0.25) is 5.91 Å². The average Bonchev–Trinajstić information content (AvgIpc) is 3.49. The maximum Gasteiger partial charge on any atom is 0.338 e. The standard InChI is InChI=1S/C22H31N5O5/c1-2-31-21(29)19-16(23-22(30)24-20(19)17-6-5-13-32-17)14-25-9-11-26(12-10-25)15-18(28)27-7-3-4-8-27/h5-6,13,20H,2-4,7-12,14-15H2,1H3,(H2,23,24,30). The summed E-state index contributed by atoms with van der Waals surface area (Å²) in [6.45, 7) is 7.57. The Hall–Kier alpha value is -2.85. The number of furan rings is 1. The highest BCUT2D eigenvalue weighted by Crippen LogP contribution is 2.28. The Bertz CT molecular complexity index is 854. The van der Waals surface area contributed by atoms with Crippen molar-refractivity contribution in [1.29, 1.82) is 0 Å². The smallest absolute Gasteiger partial charge is 0.338 e. The van der Waals surface area contributed by atoms with Crippen molar-refractivity contribution in [3.63, 3.8) is 0 Å². The predicted octanol–water partition coefficient (Wildman–Crippen LogP) is 0.691. The van der Waals surface area contributed by atoms with E-state index in [-0.39, 0.29) is 18.5 Å². The number of rotatable bonds is 7. The van der Waals surface area contributed by atoms with Crippen LogP contribution in [0.25, 0.3) is 0 Å². The Morgan fingerprint density at radius 2 is 1.84 bits per heavy atom. The maximum absolute atomic E-state index is 12.8. The Labute approximate surface area is 187 Å². The third kappa shape index (κ3) is 5.13. The van der Waals surface area contributed by atoms with Crippen molar-refractivity contribution < 1.29 is 23.5 Å². The summed E-state index contributed by atoms with van der Waals surface area (Å²) in [5.74, 6) is 0.201. The van der Waals surface area contributed by atoms with Gasteiger partial charge in [0.1, 0.15) is 11.8 Å². The van der Waals surface area contributed by atoms with Crippen LogP contribution in [0.15, 0.2) is 34.1 Å². The number of nitrogens with zero attached hydrogens (tertiary/aromatic N) is 3. The first kappa shape index (κ1) is 22.3. The molecular formula is C22H31N5O5. The van der Waals surface area contributed by atoms with Crippen molar-refractivity contribution in [2.75, 3.05) is 59.0 Å². The van der Waals surface area contributed by atoms with E-state index >= 15 is 0 Å². The second kappa shape index (κ2) is 10.2. The Balaban J connectivity index is 1.42. The van der Waals surface area contributed by atoms with Crippen molar-refractivity contribution in [2.45, 2.75) is 25.8 Å². The summed E-state index contributed by atoms with van der Waals surface area (Å²) in [5, 5.41) is 5.56. The molecule has 4 rings (SSSR count). The van der Waals surface area contributed by atoms with E-state index in [1.165, 1.54) is 6.26 Å². The molecule has 3 aliphatic rings. The first-order chi connectivity index (χ1) is 15.5. The lowest BCUT2D eigenvalue weighted by molar-refractivity contribution is -0.139. The Kier molecular flexibility index (Phi) is 7.11. The molecule has 3 aliphatic heterocycles. The molecule has 0 bridgehead atoms. The summed E-state index contributed by atoms with van der Waals surface area (Å²) >= 11 is 0. The molecular weight excluding hydrogens is 414 g/mol. The maximum atomic E-state index is 12.8. The monoisotopic (exact) mass is 445 g/mol. The van der Waals surface area contributed by atoms with Crippen LogP contribution in [-0.4, -0.2) is 91.6 Å². The van der Waals surface area contributed by atoms with Crippen LogP contribution in [0.3, 0.4) is 0 Å². The summed E-state index contributed by atoms with van der Waals surface area (Å²) in [6.07, 6.45) is 3.70. The normalized spacial score (nSPS) is 22.6. The van der Waals surface area contributed by atoms with E-state index in [2.05, 4.69) is 20.4 Å². The number of hydrogen-bond donors (Lipinski definition) is 2. The molecule has 1 aromatic rings. The summed E-state index contributed by atoms with van der Waals surface area (Å²) in [6, 6.07) is 2.36. The van der Waals surface area contributed by atoms with Gasteiger partial charge in [-0.1, -0.05) is 0 Å². The molecule has 0 spiro atoms. The molecule has 2 N–H and O–H groups in total. The number of ether oxygens (including phenoxy) is 1. The Morgan fingerprint density at radius 1 is 1.12 bits per heavy atom. The molecule has 1 atom stereocenters. The second-order valence-electron chi connectivity index (χ2n) is 8.30. The molecule has 0 aliphatic carbocycles. The van der Waals surface area contributed by atoms with E-state index < -0.39 is 12.0 Å². The van der Waals surface area contributed by atoms with Gasteiger partial charge in [0.05, 0.1) is 25.0 Å². The minimum absolute atomic E-state index is 0.204. The van der Waals surface area contributed by atoms with Crippen LogP contribution in [0.5, 0.6) is 0 Å². The number of carbonyl (C=O) groups excluding carboxylic acids is 3. The lowest BCUT2D eigenvalue weighted by atomic mass is 9.99. The van der Waals surface area contributed by atoms with Gasteiger partial charge in [-0.2, -0.15) is 0 Å². The lowest BCUT2D eigenvalue weighted by Crippen LogP contribution is -2.53. The van der Waals surface area contributed by atoms with Crippen molar-refractivity contribution in [3.05, 3.63) is 35.4 Å². The lowest BCUT2D eigenvalue weighted by Gasteiger charge is -2.36. The number of nitrogens with one attached hydrogen (secondary N) is 2. The van der Waals surface area contributed by atoms with Gasteiger partial charge in [0.15, 0.2) is 0 Å². The fourth-order valence-electron chi connectivity index (χ4n) is 4.45. The number of urea groups is 1. The average molecular weight is 446 g/mol. The van der Waals surface area contributed by atoms with Crippen LogP contribution >= 0.6 is 0 Å². The predicted molar refractivity (Wildman–Crippen MR) is 115 cm³/mol. The van der Waals surface area contributed by atoms with E-state index in [9.17, 15) is 14.4 Å². The van der Waals surface area contributed by atoms with E-state index in [0.717, 1.165) is 52.1 Å². The SMILES string of the molecule is CCOC(=O)C1=C(CN2CCN(CC(=O)N3CCCC3)CC2)NC(=O)NC1c1ccco1. The van der Waals surface area contributed by atoms with Gasteiger partial charge in [0, 0.05) is 51.5 Å². The van der Waals surface area contributed by atoms with Gasteiger partial charge in [-0.05, 0) is 31.9 Å². The number of carbonyl (C=O) groups is 3. The van der Waals surface area contributed by atoms with Crippen molar-refractivity contribution in [1.82, 2.24) is 25.3 Å². The molecule has 0 saturated carbocycles. The number of esters is 1. The van der Waals surface area contributed by atoms with E-state index in [4.69, 9.17) is 9.15 Å². The van der Waals surface area contributed by atoms with Crippen LogP contribution in [0.2, 0.25) is 0 Å². The molecule has 1 unspecified atom stereocenters. The van der Waals surface area contributed by atoms with Gasteiger partial charge >= 0.3 is 12.0 Å². The summed E-state index contributed by atoms with van der Waals surface area (Å²) in [7, 11) is 0. The zero-order valence-corrected chi connectivity index (χ0v) is 18.5. The molecule has 2 saturated heterocycles. The minimum Gasteiger partial charge on any atom is -0.467 e. The van der Waals surface area contributed by atoms with Crippen LogP contribution in [0.1, 0.15) is 31.6 Å². The Morgan fingerprint density at radius 3 is 2.50 bits per heavy atom. The second-order valence-corrected chi connectivity index (χ2v) is 8.30. The van der Waals surface area contributed by atoms with Gasteiger partial charge in [0.25, 0.3) is 0 Å². The highest BCUT2D eigenvalue weighted by Gasteiger charge is 2.36. The molecule has 4 heterocycles. The highest BCUT2D eigenvalue weighted by molar-refractivity contribution is 5.95. The van der Waals surface area contributed by atoms with Crippen molar-refractivity contribution in [3.8, 4) is 0 Å². The fourth-order valence-corrected chi connectivity index (χ4v) is 4.45. The zero-order chi connectivity index (χ0) is 22.5. The topological polar surface area (TPSA) is 107 Å². The first-order valence-corrected chi connectivity index (χ1v) is 11.3. The molecule has 3 amide bonds. The largest absolute Gasteiger partial charge is 0.467 e. The molecule has 2 fully saturated rings. The van der Waals surface area contributed by atoms with Gasteiger partial charge < -0.3 is 24.7 Å². The molecule has 1 aromatic heterocycles. The van der Waals surface area contributed by atoms with Gasteiger partial charge in [-0.15, -0.1) is 0 Å². The highest BCUT2D eigenvalue weighted by atomic mass is 16.5. The van der Waals surface area contributed by atoms with Crippen LogP contribution in [0, 0.1) is 0 Å².